The molecule has 3 aliphatic rings. The molecule has 0 bridgehead atoms. The Bertz CT molecular complexity index is 770. The van der Waals surface area contributed by atoms with E-state index < -0.39 is 12.1 Å². The molecule has 1 spiro atoms. The van der Waals surface area contributed by atoms with Crippen molar-refractivity contribution in [3.63, 3.8) is 0 Å². The molecule has 1 aliphatic carbocycles. The molecule has 2 heterocycles. The number of hydrogen-bond acceptors (Lipinski definition) is 4. The zero-order chi connectivity index (χ0) is 22.6. The minimum Gasteiger partial charge on any atom is -0.475 e. The monoisotopic (exact) mass is 442 g/mol. The third kappa shape index (κ3) is 5.98. The number of rotatable bonds is 5. The van der Waals surface area contributed by atoms with Crippen molar-refractivity contribution in [2.24, 2.45) is 17.3 Å². The van der Waals surface area contributed by atoms with E-state index >= 15 is 0 Å². The number of ether oxygens (including phenoxy) is 1. The van der Waals surface area contributed by atoms with Crippen LogP contribution in [0.3, 0.4) is 0 Å². The van der Waals surface area contributed by atoms with Gasteiger partial charge in [0.1, 0.15) is 0 Å². The van der Waals surface area contributed by atoms with Crippen LogP contribution in [0.1, 0.15) is 29.6 Å². The molecule has 2 saturated heterocycles. The van der Waals surface area contributed by atoms with E-state index in [1.54, 1.807) is 7.11 Å². The maximum Gasteiger partial charge on any atom is 0.490 e. The molecule has 1 amide bonds. The minimum atomic E-state index is -5.08. The number of carbonyl (C=O) groups excluding carboxylic acids is 1. The second-order valence-electron chi connectivity index (χ2n) is 8.80. The molecule has 31 heavy (non-hydrogen) atoms. The van der Waals surface area contributed by atoms with Gasteiger partial charge in [0.2, 0.25) is 0 Å². The van der Waals surface area contributed by atoms with Gasteiger partial charge >= 0.3 is 12.1 Å². The molecular formula is C22H29F3N2O4. The van der Waals surface area contributed by atoms with E-state index in [0.29, 0.717) is 5.92 Å². The van der Waals surface area contributed by atoms with Crippen LogP contribution in [0.25, 0.3) is 0 Å². The molecule has 9 heteroatoms. The number of likely N-dealkylation sites (tertiary alicyclic amines) is 2. The van der Waals surface area contributed by atoms with E-state index in [1.807, 2.05) is 30.3 Å². The Morgan fingerprint density at radius 1 is 1.19 bits per heavy atom. The van der Waals surface area contributed by atoms with Crippen molar-refractivity contribution in [2.45, 2.75) is 25.4 Å². The van der Waals surface area contributed by atoms with Crippen LogP contribution in [0.15, 0.2) is 30.3 Å². The van der Waals surface area contributed by atoms with Crippen LogP contribution in [0, 0.1) is 17.3 Å². The smallest absolute Gasteiger partial charge is 0.475 e. The van der Waals surface area contributed by atoms with Crippen molar-refractivity contribution >= 4 is 11.9 Å². The molecule has 6 nitrogen and oxygen atoms in total. The van der Waals surface area contributed by atoms with Gasteiger partial charge in [-0.3, -0.25) is 4.79 Å². The summed E-state index contributed by atoms with van der Waals surface area (Å²) in [7, 11) is 1.80. The molecule has 1 N–H and O–H groups in total. The van der Waals surface area contributed by atoms with Crippen LogP contribution in [-0.2, 0) is 9.53 Å². The van der Waals surface area contributed by atoms with Crippen molar-refractivity contribution in [3.05, 3.63) is 35.9 Å². The lowest BCUT2D eigenvalue weighted by Crippen LogP contribution is -2.38. The standard InChI is InChI=1S/C20H28N2O2.C2HF3O2/c1-24-13-18-12-21(11-16-7-8-16)14-20(18)9-10-22(15-20)19(23)17-5-3-2-4-6-17;3-2(4,5)1(6)7/h2-6,16,18H,7-15H2,1H3;(H,6,7)/t18-,20-;/m1./s1. The highest BCUT2D eigenvalue weighted by molar-refractivity contribution is 5.94. The van der Waals surface area contributed by atoms with E-state index in [4.69, 9.17) is 14.6 Å². The Hall–Kier alpha value is -2.13. The number of nitrogens with zero attached hydrogens (tertiary/aromatic N) is 2. The Balaban J connectivity index is 0.000000339. The summed E-state index contributed by atoms with van der Waals surface area (Å²) in [5.41, 5.74) is 1.04. The fraction of sp³-hybridized carbons (Fsp3) is 0.636. The second kappa shape index (κ2) is 9.56. The molecule has 0 aromatic heterocycles. The van der Waals surface area contributed by atoms with E-state index in [9.17, 15) is 18.0 Å². The Kier molecular flexibility index (Phi) is 7.26. The number of hydrogen-bond donors (Lipinski definition) is 1. The Morgan fingerprint density at radius 2 is 1.84 bits per heavy atom. The third-order valence-electron chi connectivity index (χ3n) is 6.40. The van der Waals surface area contributed by atoms with Gasteiger partial charge in [-0.1, -0.05) is 18.2 Å². The number of halogens is 3. The predicted molar refractivity (Wildman–Crippen MR) is 108 cm³/mol. The van der Waals surface area contributed by atoms with Gasteiger partial charge in [-0.05, 0) is 37.3 Å². The van der Waals surface area contributed by atoms with Gasteiger partial charge in [0.05, 0.1) is 6.61 Å². The first-order chi connectivity index (χ1) is 14.6. The highest BCUT2D eigenvalue weighted by Crippen LogP contribution is 2.45. The highest BCUT2D eigenvalue weighted by atomic mass is 19.4. The van der Waals surface area contributed by atoms with Gasteiger partial charge in [0.25, 0.3) is 5.91 Å². The summed E-state index contributed by atoms with van der Waals surface area (Å²) in [4.78, 5) is 26.4. The van der Waals surface area contributed by atoms with Crippen molar-refractivity contribution < 1.29 is 32.6 Å². The van der Waals surface area contributed by atoms with Crippen LogP contribution in [0.2, 0.25) is 0 Å². The van der Waals surface area contributed by atoms with E-state index in [1.165, 1.54) is 19.4 Å². The Morgan fingerprint density at radius 3 is 2.39 bits per heavy atom. The average molecular weight is 442 g/mol. The molecule has 1 aromatic carbocycles. The van der Waals surface area contributed by atoms with E-state index in [-0.39, 0.29) is 11.3 Å². The first-order valence-electron chi connectivity index (χ1n) is 10.5. The first kappa shape index (κ1) is 23.5. The molecule has 1 saturated carbocycles. The number of amides is 1. The number of aliphatic carboxylic acids is 1. The number of carboxylic acid groups (broad SMARTS) is 1. The van der Waals surface area contributed by atoms with Crippen LogP contribution >= 0.6 is 0 Å². The predicted octanol–water partition coefficient (Wildman–Crippen LogP) is 3.14. The number of benzene rings is 1. The first-order valence-corrected chi connectivity index (χ1v) is 10.5. The largest absolute Gasteiger partial charge is 0.490 e. The van der Waals surface area contributed by atoms with Crippen molar-refractivity contribution in [1.82, 2.24) is 9.80 Å². The normalized spacial score (nSPS) is 26.1. The van der Waals surface area contributed by atoms with Gasteiger partial charge in [-0.25, -0.2) is 4.79 Å². The molecule has 1 aromatic rings. The zero-order valence-electron chi connectivity index (χ0n) is 17.6. The van der Waals surface area contributed by atoms with Crippen molar-refractivity contribution in [2.75, 3.05) is 46.4 Å². The van der Waals surface area contributed by atoms with Crippen molar-refractivity contribution in [3.8, 4) is 0 Å². The topological polar surface area (TPSA) is 70.1 Å². The lowest BCUT2D eigenvalue weighted by atomic mass is 9.77. The number of alkyl halides is 3. The molecular weight excluding hydrogens is 413 g/mol. The number of carbonyl (C=O) groups is 2. The minimum absolute atomic E-state index is 0.185. The molecule has 0 radical (unpaired) electrons. The lowest BCUT2D eigenvalue weighted by molar-refractivity contribution is -0.192. The second-order valence-corrected chi connectivity index (χ2v) is 8.80. The van der Waals surface area contributed by atoms with Gasteiger partial charge in [-0.15, -0.1) is 0 Å². The molecule has 4 rings (SSSR count). The summed E-state index contributed by atoms with van der Waals surface area (Å²) in [6, 6.07) is 9.70. The van der Waals surface area contributed by atoms with Crippen LogP contribution in [-0.4, -0.2) is 79.4 Å². The molecule has 2 atom stereocenters. The van der Waals surface area contributed by atoms with Gasteiger partial charge in [0, 0.05) is 56.7 Å². The van der Waals surface area contributed by atoms with Crippen LogP contribution in [0.5, 0.6) is 0 Å². The van der Waals surface area contributed by atoms with E-state index in [2.05, 4.69) is 9.80 Å². The highest BCUT2D eigenvalue weighted by Gasteiger charge is 2.51. The van der Waals surface area contributed by atoms with Gasteiger partial charge in [-0.2, -0.15) is 13.2 Å². The molecule has 172 valence electrons. The maximum absolute atomic E-state index is 12.8. The number of methoxy groups -OCH3 is 1. The van der Waals surface area contributed by atoms with Crippen molar-refractivity contribution in [1.29, 1.82) is 0 Å². The summed E-state index contributed by atoms with van der Waals surface area (Å²) in [5, 5.41) is 7.12. The van der Waals surface area contributed by atoms with Crippen LogP contribution in [0.4, 0.5) is 13.2 Å². The third-order valence-corrected chi connectivity index (χ3v) is 6.40. The maximum atomic E-state index is 12.8. The summed E-state index contributed by atoms with van der Waals surface area (Å²) in [6.07, 6.45) is -1.17. The molecule has 0 unspecified atom stereocenters. The van der Waals surface area contributed by atoms with Gasteiger partial charge in [0.15, 0.2) is 0 Å². The van der Waals surface area contributed by atoms with Crippen LogP contribution < -0.4 is 0 Å². The van der Waals surface area contributed by atoms with Gasteiger partial charge < -0.3 is 19.6 Å². The molecule has 2 aliphatic heterocycles. The lowest BCUT2D eigenvalue weighted by Gasteiger charge is -2.30. The summed E-state index contributed by atoms with van der Waals surface area (Å²) < 4.78 is 37.3. The quantitative estimate of drug-likeness (QED) is 0.759. The fourth-order valence-corrected chi connectivity index (χ4v) is 4.67. The fourth-order valence-electron chi connectivity index (χ4n) is 4.67. The Labute approximate surface area is 180 Å². The van der Waals surface area contributed by atoms with E-state index in [0.717, 1.165) is 50.7 Å². The summed E-state index contributed by atoms with van der Waals surface area (Å²) >= 11 is 0. The average Bonchev–Trinajstić information content (AvgIpc) is 3.34. The summed E-state index contributed by atoms with van der Waals surface area (Å²) in [5.74, 6) is -1.10. The SMILES string of the molecule is COC[C@H]1CN(CC2CC2)C[C@@]12CCN(C(=O)c1ccccc1)C2.O=C(O)C(F)(F)F. The molecule has 3 fully saturated rings. The number of carboxylic acids is 1. The zero-order valence-corrected chi connectivity index (χ0v) is 17.6. The summed E-state index contributed by atoms with van der Waals surface area (Å²) in [6.45, 7) is 6.10.